The SMILES string of the molecule is CCOC(=O)Cc1csc(NN=Cc2ccc(OC)c(COc3ccccc3C(=O)OC)c2)n1. The van der Waals surface area contributed by atoms with Gasteiger partial charge in [0.1, 0.15) is 23.7 Å². The van der Waals surface area contributed by atoms with Crippen molar-refractivity contribution in [3.63, 3.8) is 0 Å². The summed E-state index contributed by atoms with van der Waals surface area (Å²) < 4.78 is 21.1. The zero-order valence-electron chi connectivity index (χ0n) is 19.1. The molecular weight excluding hydrogens is 458 g/mol. The second-order valence-corrected chi connectivity index (χ2v) is 7.70. The van der Waals surface area contributed by atoms with Crippen LogP contribution in [0.1, 0.15) is 34.1 Å². The van der Waals surface area contributed by atoms with Gasteiger partial charge in [0.25, 0.3) is 0 Å². The van der Waals surface area contributed by atoms with E-state index in [1.165, 1.54) is 18.4 Å². The smallest absolute Gasteiger partial charge is 0.341 e. The highest BCUT2D eigenvalue weighted by Gasteiger charge is 2.13. The number of thiazole rings is 1. The molecule has 0 spiro atoms. The van der Waals surface area contributed by atoms with Gasteiger partial charge < -0.3 is 18.9 Å². The van der Waals surface area contributed by atoms with Gasteiger partial charge in [-0.1, -0.05) is 12.1 Å². The van der Waals surface area contributed by atoms with Gasteiger partial charge in [-0.15, -0.1) is 11.3 Å². The number of nitrogens with zero attached hydrogens (tertiary/aromatic N) is 2. The van der Waals surface area contributed by atoms with Gasteiger partial charge >= 0.3 is 11.9 Å². The van der Waals surface area contributed by atoms with Crippen LogP contribution in [0.5, 0.6) is 11.5 Å². The van der Waals surface area contributed by atoms with Crippen LogP contribution in [-0.2, 0) is 27.3 Å². The summed E-state index contributed by atoms with van der Waals surface area (Å²) in [5.74, 6) is 0.274. The number of ether oxygens (including phenoxy) is 4. The van der Waals surface area contributed by atoms with Gasteiger partial charge in [0.2, 0.25) is 5.13 Å². The lowest BCUT2D eigenvalue weighted by molar-refractivity contribution is -0.142. The Morgan fingerprint density at radius 3 is 2.74 bits per heavy atom. The van der Waals surface area contributed by atoms with Crippen LogP contribution in [-0.4, -0.2) is 44.0 Å². The minimum atomic E-state index is -0.470. The number of para-hydroxylation sites is 1. The molecule has 1 heterocycles. The van der Waals surface area contributed by atoms with Crippen molar-refractivity contribution >= 4 is 34.6 Å². The van der Waals surface area contributed by atoms with Crippen LogP contribution in [0.2, 0.25) is 0 Å². The molecule has 3 rings (SSSR count). The Morgan fingerprint density at radius 2 is 1.97 bits per heavy atom. The molecule has 1 N–H and O–H groups in total. The number of hydrogen-bond acceptors (Lipinski definition) is 10. The number of methoxy groups -OCH3 is 2. The summed E-state index contributed by atoms with van der Waals surface area (Å²) in [6.07, 6.45) is 1.76. The van der Waals surface area contributed by atoms with E-state index in [1.54, 1.807) is 49.9 Å². The van der Waals surface area contributed by atoms with Crippen LogP contribution in [0.4, 0.5) is 5.13 Å². The zero-order valence-corrected chi connectivity index (χ0v) is 19.9. The molecule has 3 aromatic rings. The third-order valence-corrected chi connectivity index (χ3v) is 5.33. The highest BCUT2D eigenvalue weighted by molar-refractivity contribution is 7.13. The molecule has 9 nitrogen and oxygen atoms in total. The second-order valence-electron chi connectivity index (χ2n) is 6.84. The molecule has 0 aliphatic rings. The third kappa shape index (κ3) is 6.79. The summed E-state index contributed by atoms with van der Waals surface area (Å²) in [6, 6.07) is 12.4. The van der Waals surface area contributed by atoms with Crippen LogP contribution in [0.25, 0.3) is 0 Å². The number of aromatic nitrogens is 1. The predicted molar refractivity (Wildman–Crippen MR) is 129 cm³/mol. The number of hydrazone groups is 1. The van der Waals surface area contributed by atoms with Crippen LogP contribution in [0.15, 0.2) is 52.9 Å². The van der Waals surface area contributed by atoms with Gasteiger partial charge in [-0.3, -0.25) is 10.2 Å². The molecule has 10 heteroatoms. The lowest BCUT2D eigenvalue weighted by Gasteiger charge is -2.13. The van der Waals surface area contributed by atoms with Gasteiger partial charge in [-0.25, -0.2) is 9.78 Å². The summed E-state index contributed by atoms with van der Waals surface area (Å²) in [4.78, 5) is 27.8. The Labute approximate surface area is 201 Å². The number of carbonyl (C=O) groups excluding carboxylic acids is 2. The number of carbonyl (C=O) groups is 2. The second kappa shape index (κ2) is 12.4. The summed E-state index contributed by atoms with van der Waals surface area (Å²) in [5, 5.41) is 6.56. The lowest BCUT2D eigenvalue weighted by Crippen LogP contribution is -2.07. The van der Waals surface area contributed by atoms with Gasteiger partial charge in [-0.05, 0) is 42.8 Å². The van der Waals surface area contributed by atoms with Crippen molar-refractivity contribution in [3.8, 4) is 11.5 Å². The van der Waals surface area contributed by atoms with Gasteiger partial charge in [-0.2, -0.15) is 5.10 Å². The maximum absolute atomic E-state index is 12.0. The number of rotatable bonds is 11. The van der Waals surface area contributed by atoms with Gasteiger partial charge in [0.15, 0.2) is 0 Å². The van der Waals surface area contributed by atoms with Crippen LogP contribution >= 0.6 is 11.3 Å². The molecule has 0 saturated carbocycles. The van der Waals surface area contributed by atoms with Crippen molar-refractivity contribution in [1.82, 2.24) is 4.98 Å². The van der Waals surface area contributed by atoms with E-state index in [9.17, 15) is 9.59 Å². The average molecular weight is 484 g/mol. The van der Waals surface area contributed by atoms with Gasteiger partial charge in [0.05, 0.1) is 39.2 Å². The zero-order chi connectivity index (χ0) is 24.3. The molecule has 0 unspecified atom stereocenters. The summed E-state index contributed by atoms with van der Waals surface area (Å²) in [6.45, 7) is 2.28. The standard InChI is InChI=1S/C24H25N3O6S/c1-4-32-22(28)12-18-15-34-24(26-18)27-25-13-16-9-10-20(30-2)17(11-16)14-33-21-8-6-5-7-19(21)23(29)31-3/h5-11,13,15H,4,12,14H2,1-3H3,(H,26,27). The average Bonchev–Trinajstić information content (AvgIpc) is 3.29. The fourth-order valence-corrected chi connectivity index (χ4v) is 3.64. The molecule has 0 amide bonds. The third-order valence-electron chi connectivity index (χ3n) is 4.54. The number of esters is 2. The van der Waals surface area contributed by atoms with E-state index in [2.05, 4.69) is 15.5 Å². The highest BCUT2D eigenvalue weighted by Crippen LogP contribution is 2.24. The topological polar surface area (TPSA) is 108 Å². The monoisotopic (exact) mass is 483 g/mol. The quantitative estimate of drug-likeness (QED) is 0.247. The van der Waals surface area contributed by atoms with Crippen molar-refractivity contribution in [2.75, 3.05) is 26.3 Å². The minimum absolute atomic E-state index is 0.122. The Bertz CT molecular complexity index is 1160. The van der Waals surface area contributed by atoms with E-state index in [1.807, 2.05) is 18.2 Å². The van der Waals surface area contributed by atoms with Crippen LogP contribution in [0.3, 0.4) is 0 Å². The van der Waals surface area contributed by atoms with Crippen molar-refractivity contribution in [3.05, 3.63) is 70.2 Å². The Kier molecular flexibility index (Phi) is 8.98. The minimum Gasteiger partial charge on any atom is -0.496 e. The first-order valence-corrected chi connectivity index (χ1v) is 11.3. The normalized spacial score (nSPS) is 10.7. The predicted octanol–water partition coefficient (Wildman–Crippen LogP) is 4.07. The molecule has 1 aromatic heterocycles. The maximum Gasteiger partial charge on any atom is 0.341 e. The summed E-state index contributed by atoms with van der Waals surface area (Å²) in [7, 11) is 2.90. The summed E-state index contributed by atoms with van der Waals surface area (Å²) in [5.41, 5.74) is 5.41. The Hall–Kier alpha value is -3.92. The molecule has 0 bridgehead atoms. The van der Waals surface area contributed by atoms with Crippen molar-refractivity contribution in [2.45, 2.75) is 20.0 Å². The first kappa shape index (κ1) is 24.7. The molecule has 2 aromatic carbocycles. The molecule has 0 aliphatic carbocycles. The molecule has 0 radical (unpaired) electrons. The van der Waals surface area contributed by atoms with Crippen LogP contribution in [0, 0.1) is 0 Å². The Morgan fingerprint density at radius 1 is 1.15 bits per heavy atom. The molecular formula is C24H25N3O6S. The molecule has 0 saturated heterocycles. The molecule has 178 valence electrons. The number of hydrogen-bond donors (Lipinski definition) is 1. The molecule has 0 fully saturated rings. The maximum atomic E-state index is 12.0. The lowest BCUT2D eigenvalue weighted by atomic mass is 10.1. The van der Waals surface area contributed by atoms with Crippen LogP contribution < -0.4 is 14.9 Å². The number of anilines is 1. The molecule has 34 heavy (non-hydrogen) atoms. The molecule has 0 atom stereocenters. The number of benzene rings is 2. The molecule has 0 aliphatic heterocycles. The number of nitrogens with one attached hydrogen (secondary N) is 1. The van der Waals surface area contributed by atoms with Gasteiger partial charge in [0, 0.05) is 10.9 Å². The Balaban J connectivity index is 1.65. The van der Waals surface area contributed by atoms with Crippen molar-refractivity contribution in [1.29, 1.82) is 0 Å². The first-order valence-electron chi connectivity index (χ1n) is 10.4. The fourth-order valence-electron chi connectivity index (χ4n) is 2.98. The van der Waals surface area contributed by atoms with Crippen molar-refractivity contribution in [2.24, 2.45) is 5.10 Å². The van der Waals surface area contributed by atoms with E-state index in [-0.39, 0.29) is 19.0 Å². The largest absolute Gasteiger partial charge is 0.496 e. The fraction of sp³-hybridized carbons (Fsp3) is 0.250. The van der Waals surface area contributed by atoms with Crippen molar-refractivity contribution < 1.29 is 28.5 Å². The highest BCUT2D eigenvalue weighted by atomic mass is 32.1. The van der Waals surface area contributed by atoms with E-state index < -0.39 is 5.97 Å². The first-order chi connectivity index (χ1) is 16.5. The van der Waals surface area contributed by atoms with E-state index in [4.69, 9.17) is 18.9 Å². The van der Waals surface area contributed by atoms with E-state index in [0.29, 0.717) is 34.5 Å². The van der Waals surface area contributed by atoms with E-state index in [0.717, 1.165) is 11.1 Å². The summed E-state index contributed by atoms with van der Waals surface area (Å²) >= 11 is 1.34. The van der Waals surface area contributed by atoms with E-state index >= 15 is 0 Å².